The Morgan fingerprint density at radius 3 is 2.57 bits per heavy atom. The third-order valence-corrected chi connectivity index (χ3v) is 4.23. The third kappa shape index (κ3) is 3.44. The van der Waals surface area contributed by atoms with Crippen molar-refractivity contribution in [1.29, 1.82) is 0 Å². The van der Waals surface area contributed by atoms with Crippen molar-refractivity contribution >= 4 is 11.0 Å². The van der Waals surface area contributed by atoms with E-state index in [1.165, 1.54) is 5.52 Å². The highest BCUT2D eigenvalue weighted by Crippen LogP contribution is 2.14. The number of hydrogen-bond acceptors (Lipinski definition) is 2. The molecule has 0 radical (unpaired) electrons. The van der Waals surface area contributed by atoms with E-state index in [0.717, 1.165) is 16.9 Å². The zero-order valence-corrected chi connectivity index (χ0v) is 13.6. The van der Waals surface area contributed by atoms with Crippen molar-refractivity contribution in [2.75, 3.05) is 6.61 Å². The van der Waals surface area contributed by atoms with Crippen molar-refractivity contribution < 1.29 is 14.4 Å². The number of benzene rings is 2. The SMILES string of the molecule is Cc1n(C[C@H](O)COCc2ccccc2)c2ccccc2[n+]1C. The van der Waals surface area contributed by atoms with Gasteiger partial charge in [-0.15, -0.1) is 0 Å². The van der Waals surface area contributed by atoms with Crippen LogP contribution in [0.4, 0.5) is 0 Å². The molecule has 0 fully saturated rings. The molecule has 0 amide bonds. The molecule has 1 aromatic heterocycles. The van der Waals surface area contributed by atoms with E-state index in [4.69, 9.17) is 4.74 Å². The molecule has 0 bridgehead atoms. The van der Waals surface area contributed by atoms with Crippen LogP contribution >= 0.6 is 0 Å². The van der Waals surface area contributed by atoms with Crippen LogP contribution in [0.1, 0.15) is 11.4 Å². The lowest BCUT2D eigenvalue weighted by molar-refractivity contribution is -0.652. The second kappa shape index (κ2) is 6.94. The third-order valence-electron chi connectivity index (χ3n) is 4.23. The Kier molecular flexibility index (Phi) is 4.74. The lowest BCUT2D eigenvalue weighted by Crippen LogP contribution is -2.32. The van der Waals surface area contributed by atoms with Crippen molar-refractivity contribution in [1.82, 2.24) is 4.57 Å². The molecule has 0 unspecified atom stereocenters. The average molecular weight is 311 g/mol. The van der Waals surface area contributed by atoms with E-state index in [9.17, 15) is 5.11 Å². The van der Waals surface area contributed by atoms with Crippen molar-refractivity contribution in [2.45, 2.75) is 26.2 Å². The number of nitrogens with zero attached hydrogens (tertiary/aromatic N) is 2. The van der Waals surface area contributed by atoms with Gasteiger partial charge in [-0.3, -0.25) is 0 Å². The van der Waals surface area contributed by atoms with Crippen LogP contribution in [0.25, 0.3) is 11.0 Å². The fourth-order valence-electron chi connectivity index (χ4n) is 2.89. The number of aliphatic hydroxyl groups excluding tert-OH is 1. The van der Waals surface area contributed by atoms with Crippen LogP contribution in [0, 0.1) is 6.92 Å². The zero-order valence-electron chi connectivity index (χ0n) is 13.6. The van der Waals surface area contributed by atoms with Gasteiger partial charge in [0, 0.05) is 6.92 Å². The monoisotopic (exact) mass is 311 g/mol. The topological polar surface area (TPSA) is 38.3 Å². The molecule has 4 heteroatoms. The number of para-hydroxylation sites is 2. The molecule has 4 nitrogen and oxygen atoms in total. The number of rotatable bonds is 6. The summed E-state index contributed by atoms with van der Waals surface area (Å²) < 4.78 is 9.93. The molecule has 0 aliphatic heterocycles. The van der Waals surface area contributed by atoms with Gasteiger partial charge in [0.05, 0.1) is 20.3 Å². The summed E-state index contributed by atoms with van der Waals surface area (Å²) in [7, 11) is 2.05. The first kappa shape index (κ1) is 15.7. The molecular formula is C19H23N2O2+. The lowest BCUT2D eigenvalue weighted by atomic mass is 10.2. The van der Waals surface area contributed by atoms with Crippen LogP contribution in [0.2, 0.25) is 0 Å². The molecule has 0 saturated carbocycles. The van der Waals surface area contributed by atoms with Crippen molar-refractivity contribution in [2.24, 2.45) is 7.05 Å². The fraction of sp³-hybridized carbons (Fsp3) is 0.316. The average Bonchev–Trinajstić information content (AvgIpc) is 2.81. The molecule has 2 aromatic carbocycles. The molecule has 1 heterocycles. The summed E-state index contributed by atoms with van der Waals surface area (Å²) >= 11 is 0. The van der Waals surface area contributed by atoms with E-state index in [1.54, 1.807) is 0 Å². The summed E-state index contributed by atoms with van der Waals surface area (Å²) in [5.41, 5.74) is 3.42. The number of hydrogen-bond donors (Lipinski definition) is 1. The molecule has 120 valence electrons. The summed E-state index contributed by atoms with van der Waals surface area (Å²) in [5.74, 6) is 1.12. The van der Waals surface area contributed by atoms with Gasteiger partial charge in [-0.2, -0.15) is 0 Å². The van der Waals surface area contributed by atoms with Gasteiger partial charge in [0.2, 0.25) is 0 Å². The summed E-state index contributed by atoms with van der Waals surface area (Å²) in [4.78, 5) is 0. The Labute approximate surface area is 136 Å². The number of aromatic nitrogens is 2. The minimum Gasteiger partial charge on any atom is -0.387 e. The van der Waals surface area contributed by atoms with Gasteiger partial charge in [-0.05, 0) is 17.7 Å². The first-order valence-corrected chi connectivity index (χ1v) is 7.90. The highest BCUT2D eigenvalue weighted by Gasteiger charge is 2.21. The molecule has 23 heavy (non-hydrogen) atoms. The van der Waals surface area contributed by atoms with Gasteiger partial charge in [-0.25, -0.2) is 9.13 Å². The van der Waals surface area contributed by atoms with E-state index >= 15 is 0 Å². The lowest BCUT2D eigenvalue weighted by Gasteiger charge is -2.10. The molecule has 3 aromatic rings. The van der Waals surface area contributed by atoms with Gasteiger partial charge in [0.15, 0.2) is 11.0 Å². The molecule has 0 aliphatic carbocycles. The second-order valence-electron chi connectivity index (χ2n) is 5.86. The Morgan fingerprint density at radius 2 is 1.78 bits per heavy atom. The normalized spacial score (nSPS) is 12.7. The maximum Gasteiger partial charge on any atom is 0.254 e. The summed E-state index contributed by atoms with van der Waals surface area (Å²) in [6, 6.07) is 18.2. The second-order valence-corrected chi connectivity index (χ2v) is 5.86. The maximum absolute atomic E-state index is 10.3. The Hall–Kier alpha value is -2.17. The van der Waals surface area contributed by atoms with Crippen LogP contribution in [0.5, 0.6) is 0 Å². The predicted octanol–water partition coefficient (Wildman–Crippen LogP) is 2.35. The van der Waals surface area contributed by atoms with E-state index in [0.29, 0.717) is 19.8 Å². The van der Waals surface area contributed by atoms with Crippen LogP contribution in [0.15, 0.2) is 54.6 Å². The standard InChI is InChI=1S/C19H23N2O2/c1-15-20(2)18-10-6-7-11-19(18)21(15)12-17(22)14-23-13-16-8-4-3-5-9-16/h3-11,17,22H,12-14H2,1-2H3/q+1/t17-/m0/s1. The molecular weight excluding hydrogens is 288 g/mol. The van der Waals surface area contributed by atoms with Crippen molar-refractivity contribution in [3.63, 3.8) is 0 Å². The van der Waals surface area contributed by atoms with Crippen LogP contribution in [-0.4, -0.2) is 22.4 Å². The van der Waals surface area contributed by atoms with E-state index in [1.807, 2.05) is 49.5 Å². The minimum absolute atomic E-state index is 0.324. The van der Waals surface area contributed by atoms with Gasteiger partial charge in [0.25, 0.3) is 5.82 Å². The maximum atomic E-state index is 10.3. The number of aryl methyl sites for hydroxylation is 1. The number of imidazole rings is 1. The Bertz CT molecular complexity index is 781. The molecule has 1 N–H and O–H groups in total. The molecule has 1 atom stereocenters. The van der Waals surface area contributed by atoms with Crippen LogP contribution < -0.4 is 4.57 Å². The zero-order chi connectivity index (χ0) is 16.2. The van der Waals surface area contributed by atoms with E-state index < -0.39 is 6.10 Å². The van der Waals surface area contributed by atoms with E-state index in [2.05, 4.69) is 28.2 Å². The first-order chi connectivity index (χ1) is 11.2. The summed E-state index contributed by atoms with van der Waals surface area (Å²) in [6.45, 7) is 3.45. The predicted molar refractivity (Wildman–Crippen MR) is 90.0 cm³/mol. The first-order valence-electron chi connectivity index (χ1n) is 7.90. The molecule has 0 saturated heterocycles. The smallest absolute Gasteiger partial charge is 0.254 e. The molecule has 3 rings (SSSR count). The minimum atomic E-state index is -0.534. The molecule has 0 spiro atoms. The number of fused-ring (bicyclic) bond motifs is 1. The largest absolute Gasteiger partial charge is 0.387 e. The van der Waals surface area contributed by atoms with Crippen molar-refractivity contribution in [3.8, 4) is 0 Å². The number of ether oxygens (including phenoxy) is 1. The molecule has 0 aliphatic rings. The Balaban J connectivity index is 1.64. The van der Waals surface area contributed by atoms with Gasteiger partial charge >= 0.3 is 0 Å². The summed E-state index contributed by atoms with van der Waals surface area (Å²) in [5, 5.41) is 10.3. The Morgan fingerprint density at radius 1 is 1.09 bits per heavy atom. The highest BCUT2D eigenvalue weighted by atomic mass is 16.5. The van der Waals surface area contributed by atoms with Gasteiger partial charge in [-0.1, -0.05) is 42.5 Å². The quantitative estimate of drug-likeness (QED) is 0.710. The van der Waals surface area contributed by atoms with Crippen LogP contribution in [-0.2, 0) is 24.9 Å². The fourth-order valence-corrected chi connectivity index (χ4v) is 2.89. The van der Waals surface area contributed by atoms with Crippen molar-refractivity contribution in [3.05, 3.63) is 66.0 Å². The highest BCUT2D eigenvalue weighted by molar-refractivity contribution is 5.72. The number of aliphatic hydroxyl groups is 1. The van der Waals surface area contributed by atoms with E-state index in [-0.39, 0.29) is 0 Å². The summed E-state index contributed by atoms with van der Waals surface area (Å²) in [6.07, 6.45) is -0.534. The van der Waals surface area contributed by atoms with Gasteiger partial charge < -0.3 is 9.84 Å². The van der Waals surface area contributed by atoms with Gasteiger partial charge in [0.1, 0.15) is 12.6 Å². The van der Waals surface area contributed by atoms with Crippen LogP contribution in [0.3, 0.4) is 0 Å².